The van der Waals surface area contributed by atoms with E-state index in [1.54, 1.807) is 29.6 Å². The number of nitrogens with two attached hydrogens (primary N) is 1. The number of aliphatic hydroxyl groups excluding tert-OH is 1. The van der Waals surface area contributed by atoms with Crippen LogP contribution in [0.4, 0.5) is 5.95 Å². The molecule has 0 aromatic carbocycles. The number of nitrogens with one attached hydrogen (secondary N) is 1. The van der Waals surface area contributed by atoms with E-state index in [1.165, 1.54) is 0 Å². The van der Waals surface area contributed by atoms with Gasteiger partial charge in [0.25, 0.3) is 11.5 Å². The van der Waals surface area contributed by atoms with Crippen molar-refractivity contribution >= 4 is 17.1 Å². The van der Waals surface area contributed by atoms with Crippen molar-refractivity contribution in [1.29, 1.82) is 0 Å². The van der Waals surface area contributed by atoms with Crippen LogP contribution in [0.3, 0.4) is 0 Å². The molecule has 1 aliphatic rings. The summed E-state index contributed by atoms with van der Waals surface area (Å²) in [5, 5.41) is 10.7. The summed E-state index contributed by atoms with van der Waals surface area (Å²) in [6, 6.07) is 0. The first-order chi connectivity index (χ1) is 10.9. The van der Waals surface area contributed by atoms with Gasteiger partial charge < -0.3 is 20.3 Å². The summed E-state index contributed by atoms with van der Waals surface area (Å²) in [6.07, 6.45) is 0.900. The number of nitrogens with zero attached hydrogens (tertiary/aromatic N) is 3. The van der Waals surface area contributed by atoms with Crippen molar-refractivity contribution in [1.82, 2.24) is 14.5 Å². The van der Waals surface area contributed by atoms with Crippen molar-refractivity contribution in [3.05, 3.63) is 16.7 Å². The fourth-order valence-electron chi connectivity index (χ4n) is 3.24. The van der Waals surface area contributed by atoms with Gasteiger partial charge in [-0.2, -0.15) is 0 Å². The molecule has 0 aliphatic carbocycles. The number of hydrogen-bond donors (Lipinski definition) is 3. The molecule has 2 aromatic heterocycles. The number of aliphatic hydroxyl groups is 1. The third kappa shape index (κ3) is 2.60. The van der Waals surface area contributed by atoms with E-state index in [0.717, 1.165) is 0 Å². The Morgan fingerprint density at radius 3 is 3.04 bits per heavy atom. The van der Waals surface area contributed by atoms with E-state index in [0.29, 0.717) is 24.2 Å². The molecule has 1 saturated heterocycles. The van der Waals surface area contributed by atoms with Gasteiger partial charge in [0.1, 0.15) is 6.10 Å². The monoisotopic (exact) mass is 324 g/mol. The van der Waals surface area contributed by atoms with Gasteiger partial charge in [-0.05, 0) is 13.3 Å². The predicted molar refractivity (Wildman–Crippen MR) is 81.5 cm³/mol. The van der Waals surface area contributed by atoms with Gasteiger partial charge in [-0.1, -0.05) is 4.98 Å². The third-order valence-electron chi connectivity index (χ3n) is 4.41. The largest absolute Gasteiger partial charge is 0.386 e. The van der Waals surface area contributed by atoms with E-state index >= 15 is 0 Å². The van der Waals surface area contributed by atoms with Crippen molar-refractivity contribution in [3.63, 3.8) is 0 Å². The number of H-pyrrole nitrogens is 1. The van der Waals surface area contributed by atoms with Crippen molar-refractivity contribution in [3.8, 4) is 0 Å². The van der Waals surface area contributed by atoms with Crippen LogP contribution in [0.25, 0.3) is 11.2 Å². The molecule has 4 atom stereocenters. The van der Waals surface area contributed by atoms with Crippen molar-refractivity contribution in [2.45, 2.75) is 31.8 Å². The first-order valence-corrected chi connectivity index (χ1v) is 7.52. The molecule has 9 nitrogen and oxygen atoms in total. The van der Waals surface area contributed by atoms with Crippen molar-refractivity contribution in [2.75, 3.05) is 19.5 Å². The number of ether oxygens (including phenoxy) is 2. The maximum Gasteiger partial charge on any atom is 0.313 e. The van der Waals surface area contributed by atoms with Gasteiger partial charge in [-0.15, -0.1) is 0 Å². The van der Waals surface area contributed by atoms with Crippen LogP contribution in [0.2, 0.25) is 0 Å². The number of fused-ring (bicyclic) bond motifs is 1. The number of aromatic nitrogens is 4. The molecule has 0 amide bonds. The maximum absolute atomic E-state index is 12.1. The lowest BCUT2D eigenvalue weighted by Crippen LogP contribution is -2.45. The van der Waals surface area contributed by atoms with E-state index in [1.807, 2.05) is 6.92 Å². The normalized spacial score (nSPS) is 27.8. The highest BCUT2D eigenvalue weighted by Gasteiger charge is 2.45. The van der Waals surface area contributed by atoms with Gasteiger partial charge in [-0.3, -0.25) is 14.3 Å². The number of imidazole rings is 1. The molecule has 0 spiro atoms. The Morgan fingerprint density at radius 2 is 2.35 bits per heavy atom. The van der Waals surface area contributed by atoms with Crippen LogP contribution in [0.1, 0.15) is 19.6 Å². The highest BCUT2D eigenvalue weighted by molar-refractivity contribution is 5.67. The molecule has 0 saturated carbocycles. The molecule has 23 heavy (non-hydrogen) atoms. The minimum Gasteiger partial charge on any atom is -0.386 e. The Kier molecular flexibility index (Phi) is 4.09. The standard InChI is InChI=1S/C14H21N5O4/c1-7-8(4-5-22-3)10(20)13(23-7)19-6-18(2)9-11(19)16-14(15)17-12(9)21/h6-8,10,13,20H,4-5H2,1-3H3,(H2-,15,16,17,21)/p+1/t7-,8-,10-,13-/m1/s1. The van der Waals surface area contributed by atoms with E-state index in [4.69, 9.17) is 15.2 Å². The van der Waals surface area contributed by atoms with Gasteiger partial charge >= 0.3 is 5.65 Å². The Bertz CT molecular complexity index is 770. The van der Waals surface area contributed by atoms with Gasteiger partial charge in [0.05, 0.1) is 13.2 Å². The zero-order valence-electron chi connectivity index (χ0n) is 13.4. The fraction of sp³-hybridized carbons (Fsp3) is 0.643. The average Bonchev–Trinajstić information content (AvgIpc) is 2.95. The average molecular weight is 324 g/mol. The van der Waals surface area contributed by atoms with Gasteiger partial charge in [0, 0.05) is 19.6 Å². The molecule has 0 unspecified atom stereocenters. The summed E-state index contributed by atoms with van der Waals surface area (Å²) in [6.45, 7) is 2.47. The second kappa shape index (κ2) is 5.91. The number of anilines is 1. The van der Waals surface area contributed by atoms with Gasteiger partial charge in [0.2, 0.25) is 11.7 Å². The Balaban J connectivity index is 2.02. The smallest absolute Gasteiger partial charge is 0.313 e. The van der Waals surface area contributed by atoms with Crippen LogP contribution in [0.15, 0.2) is 11.1 Å². The highest BCUT2D eigenvalue weighted by Crippen LogP contribution is 2.33. The SMILES string of the molecule is COCC[C@H]1[C@@H](O)[C@H]([n+]2cn(C)c3c(=O)[nH]c(N)nc32)O[C@@H]1C. The molecule has 3 heterocycles. The number of hydrogen-bond acceptors (Lipinski definition) is 6. The lowest BCUT2D eigenvalue weighted by atomic mass is 9.95. The summed E-state index contributed by atoms with van der Waals surface area (Å²) in [5.41, 5.74) is 6.08. The van der Waals surface area contributed by atoms with Crippen LogP contribution >= 0.6 is 0 Å². The predicted octanol–water partition coefficient (Wildman–Crippen LogP) is -0.938. The first-order valence-electron chi connectivity index (χ1n) is 7.52. The molecule has 2 aromatic rings. The Labute approximate surface area is 132 Å². The molecule has 9 heteroatoms. The molecule has 1 fully saturated rings. The zero-order valence-corrected chi connectivity index (χ0v) is 13.4. The number of rotatable bonds is 4. The first kappa shape index (κ1) is 15.9. The molecule has 0 bridgehead atoms. The van der Waals surface area contributed by atoms with Gasteiger partial charge in [0.15, 0.2) is 6.33 Å². The van der Waals surface area contributed by atoms with E-state index in [2.05, 4.69) is 9.97 Å². The molecule has 1 aliphatic heterocycles. The molecule has 3 rings (SSSR count). The molecule has 0 radical (unpaired) electrons. The zero-order chi connectivity index (χ0) is 16.7. The van der Waals surface area contributed by atoms with E-state index < -0.39 is 12.3 Å². The van der Waals surface area contributed by atoms with Crippen molar-refractivity contribution < 1.29 is 19.1 Å². The van der Waals surface area contributed by atoms with Crippen LogP contribution < -0.4 is 15.9 Å². The third-order valence-corrected chi connectivity index (χ3v) is 4.41. The molecule has 126 valence electrons. The van der Waals surface area contributed by atoms with Crippen LogP contribution in [0, 0.1) is 5.92 Å². The number of aryl methyl sites for hydroxylation is 1. The van der Waals surface area contributed by atoms with E-state index in [9.17, 15) is 9.90 Å². The minimum absolute atomic E-state index is 0.0268. The topological polar surface area (TPSA) is 119 Å². The lowest BCUT2D eigenvalue weighted by molar-refractivity contribution is -0.745. The second-order valence-corrected chi connectivity index (χ2v) is 5.92. The van der Waals surface area contributed by atoms with Crippen LogP contribution in [-0.4, -0.2) is 45.6 Å². The maximum atomic E-state index is 12.1. The summed E-state index contributed by atoms with van der Waals surface area (Å²) in [7, 11) is 3.36. The highest BCUT2D eigenvalue weighted by atomic mass is 16.5. The second-order valence-electron chi connectivity index (χ2n) is 5.92. The number of nitrogen functional groups attached to an aromatic ring is 1. The Morgan fingerprint density at radius 1 is 1.61 bits per heavy atom. The lowest BCUT2D eigenvalue weighted by Gasteiger charge is -2.16. The van der Waals surface area contributed by atoms with Gasteiger partial charge in [-0.25, -0.2) is 4.57 Å². The van der Waals surface area contributed by atoms with Crippen LogP contribution in [-0.2, 0) is 16.5 Å². The number of methoxy groups -OCH3 is 1. The summed E-state index contributed by atoms with van der Waals surface area (Å²) >= 11 is 0. The van der Waals surface area contributed by atoms with Crippen LogP contribution in [0.5, 0.6) is 0 Å². The minimum atomic E-state index is -0.724. The fourth-order valence-corrected chi connectivity index (χ4v) is 3.24. The summed E-state index contributed by atoms with van der Waals surface area (Å²) < 4.78 is 14.3. The van der Waals surface area contributed by atoms with Crippen molar-refractivity contribution in [2.24, 2.45) is 13.0 Å². The Hall–Kier alpha value is -1.97. The molecular formula is C14H22N5O4+. The summed E-state index contributed by atoms with van der Waals surface area (Å²) in [5.74, 6) is -0.0269. The number of aromatic amines is 1. The quantitative estimate of drug-likeness (QED) is 0.625. The molecule has 4 N–H and O–H groups in total. The summed E-state index contributed by atoms with van der Waals surface area (Å²) in [4.78, 5) is 18.7. The molecular weight excluding hydrogens is 302 g/mol. The van der Waals surface area contributed by atoms with E-state index in [-0.39, 0.29) is 23.5 Å².